The molecule has 2 aromatic rings. The lowest BCUT2D eigenvalue weighted by molar-refractivity contribution is -0.157. The van der Waals surface area contributed by atoms with Gasteiger partial charge in [0, 0.05) is 36.1 Å². The Hall–Kier alpha value is -1.27. The molecule has 1 unspecified atom stereocenters. The van der Waals surface area contributed by atoms with Crippen molar-refractivity contribution in [3.63, 3.8) is 0 Å². The zero-order valence-electron chi connectivity index (χ0n) is 16.5. The standard InChI is InChI=1S/C22H26BrNO3.ClH/c1-21(2)14-22(19-12-17(23)6-9-20(19)27-21)15-24(10-11-26-22)13-16-4-7-18(25-3)8-5-16;/h4-9,12H,10-11,13-15H2,1-3H3;1H. The number of ether oxygens (including phenoxy) is 3. The van der Waals surface area contributed by atoms with E-state index in [4.69, 9.17) is 14.2 Å². The quantitative estimate of drug-likeness (QED) is 0.622. The Morgan fingerprint density at radius 1 is 1.14 bits per heavy atom. The molecule has 2 aliphatic rings. The SMILES string of the molecule is COc1ccc(CN2CCOC3(C2)CC(C)(C)Oc2ccc(Br)cc23)cc1.Cl. The molecule has 4 nitrogen and oxygen atoms in total. The van der Waals surface area contributed by atoms with Gasteiger partial charge in [0.25, 0.3) is 0 Å². The predicted octanol–water partition coefficient (Wildman–Crippen LogP) is 5.17. The lowest BCUT2D eigenvalue weighted by Crippen LogP contribution is -2.55. The van der Waals surface area contributed by atoms with Crippen LogP contribution in [0.3, 0.4) is 0 Å². The minimum absolute atomic E-state index is 0. The summed E-state index contributed by atoms with van der Waals surface area (Å²) >= 11 is 3.61. The maximum absolute atomic E-state index is 6.47. The third-order valence-electron chi connectivity index (χ3n) is 5.36. The van der Waals surface area contributed by atoms with E-state index in [0.717, 1.165) is 54.2 Å². The van der Waals surface area contributed by atoms with Gasteiger partial charge in [-0.15, -0.1) is 12.4 Å². The second-order valence-corrected chi connectivity index (χ2v) is 9.00. The number of benzene rings is 2. The van der Waals surface area contributed by atoms with Gasteiger partial charge in [0.15, 0.2) is 0 Å². The van der Waals surface area contributed by atoms with Crippen LogP contribution in [0.2, 0.25) is 0 Å². The number of methoxy groups -OCH3 is 1. The third kappa shape index (κ3) is 4.33. The van der Waals surface area contributed by atoms with Crippen LogP contribution in [-0.2, 0) is 16.9 Å². The molecule has 2 heterocycles. The van der Waals surface area contributed by atoms with Crippen molar-refractivity contribution in [2.75, 3.05) is 26.8 Å². The molecule has 0 amide bonds. The fourth-order valence-corrected chi connectivity index (χ4v) is 4.67. The van der Waals surface area contributed by atoms with Crippen LogP contribution in [0.4, 0.5) is 0 Å². The number of fused-ring (bicyclic) bond motifs is 2. The summed E-state index contributed by atoms with van der Waals surface area (Å²) < 4.78 is 19.0. The molecule has 4 rings (SSSR count). The Morgan fingerprint density at radius 3 is 2.61 bits per heavy atom. The molecule has 1 atom stereocenters. The minimum atomic E-state index is -0.342. The summed E-state index contributed by atoms with van der Waals surface area (Å²) in [5.41, 5.74) is 1.83. The molecule has 6 heteroatoms. The first-order valence-electron chi connectivity index (χ1n) is 9.37. The van der Waals surface area contributed by atoms with E-state index in [0.29, 0.717) is 0 Å². The van der Waals surface area contributed by atoms with Crippen molar-refractivity contribution in [3.8, 4) is 11.5 Å². The van der Waals surface area contributed by atoms with E-state index in [1.807, 2.05) is 24.3 Å². The fourth-order valence-electron chi connectivity index (χ4n) is 4.31. The summed E-state index contributed by atoms with van der Waals surface area (Å²) in [5.74, 6) is 1.82. The third-order valence-corrected chi connectivity index (χ3v) is 5.85. The maximum atomic E-state index is 6.47. The molecule has 0 radical (unpaired) electrons. The number of nitrogens with zero attached hydrogens (tertiary/aromatic N) is 1. The van der Waals surface area contributed by atoms with Crippen molar-refractivity contribution in [1.82, 2.24) is 4.90 Å². The summed E-state index contributed by atoms with van der Waals surface area (Å²) in [7, 11) is 1.70. The van der Waals surface area contributed by atoms with E-state index in [-0.39, 0.29) is 23.6 Å². The Balaban J connectivity index is 0.00000225. The number of hydrogen-bond donors (Lipinski definition) is 0. The molecule has 2 aromatic carbocycles. The highest BCUT2D eigenvalue weighted by Gasteiger charge is 2.48. The van der Waals surface area contributed by atoms with E-state index < -0.39 is 0 Å². The monoisotopic (exact) mass is 467 g/mol. The van der Waals surface area contributed by atoms with Gasteiger partial charge in [0.2, 0.25) is 0 Å². The summed E-state index contributed by atoms with van der Waals surface area (Å²) in [5, 5.41) is 0. The molecule has 28 heavy (non-hydrogen) atoms. The zero-order valence-corrected chi connectivity index (χ0v) is 18.9. The Morgan fingerprint density at radius 2 is 1.89 bits per heavy atom. The molecule has 0 saturated carbocycles. The first-order chi connectivity index (χ1) is 12.9. The second-order valence-electron chi connectivity index (χ2n) is 8.08. The molecule has 0 bridgehead atoms. The van der Waals surface area contributed by atoms with Crippen molar-refractivity contribution < 1.29 is 14.2 Å². The molecule has 2 aliphatic heterocycles. The van der Waals surface area contributed by atoms with Crippen LogP contribution in [-0.4, -0.2) is 37.3 Å². The molecular formula is C22H27BrClNO3. The van der Waals surface area contributed by atoms with Crippen LogP contribution in [0, 0.1) is 0 Å². The molecule has 1 spiro atoms. The van der Waals surface area contributed by atoms with E-state index in [2.05, 4.69) is 52.9 Å². The largest absolute Gasteiger partial charge is 0.497 e. The first-order valence-corrected chi connectivity index (χ1v) is 10.2. The van der Waals surface area contributed by atoms with Crippen molar-refractivity contribution in [2.24, 2.45) is 0 Å². The van der Waals surface area contributed by atoms with Gasteiger partial charge in [0.05, 0.1) is 13.7 Å². The zero-order chi connectivity index (χ0) is 19.1. The van der Waals surface area contributed by atoms with Gasteiger partial charge < -0.3 is 14.2 Å². The van der Waals surface area contributed by atoms with Crippen molar-refractivity contribution in [3.05, 3.63) is 58.1 Å². The predicted molar refractivity (Wildman–Crippen MR) is 117 cm³/mol. The fraction of sp³-hybridized carbons (Fsp3) is 0.455. The van der Waals surface area contributed by atoms with Gasteiger partial charge >= 0.3 is 0 Å². The number of rotatable bonds is 3. The number of morpholine rings is 1. The first kappa shape index (κ1) is 21.4. The van der Waals surface area contributed by atoms with Gasteiger partial charge in [-0.25, -0.2) is 0 Å². The summed E-state index contributed by atoms with van der Waals surface area (Å²) in [6, 6.07) is 14.6. The average Bonchev–Trinajstić information content (AvgIpc) is 2.63. The molecule has 0 aromatic heterocycles. The average molecular weight is 469 g/mol. The van der Waals surface area contributed by atoms with E-state index in [1.165, 1.54) is 5.56 Å². The van der Waals surface area contributed by atoms with Gasteiger partial charge in [-0.05, 0) is 49.7 Å². The maximum Gasteiger partial charge on any atom is 0.126 e. The summed E-state index contributed by atoms with van der Waals surface area (Å²) in [6.45, 7) is 7.70. The van der Waals surface area contributed by atoms with Gasteiger partial charge in [-0.2, -0.15) is 0 Å². The van der Waals surface area contributed by atoms with E-state index in [9.17, 15) is 0 Å². The molecule has 1 saturated heterocycles. The normalized spacial score (nSPS) is 23.4. The Bertz CT molecular complexity index is 827. The number of halogens is 2. The topological polar surface area (TPSA) is 30.9 Å². The van der Waals surface area contributed by atoms with Crippen LogP contribution in [0.1, 0.15) is 31.4 Å². The van der Waals surface area contributed by atoms with Crippen molar-refractivity contribution in [1.29, 1.82) is 0 Å². The lowest BCUT2D eigenvalue weighted by Gasteiger charge is -2.50. The Labute approximate surface area is 181 Å². The van der Waals surface area contributed by atoms with E-state index >= 15 is 0 Å². The van der Waals surface area contributed by atoms with Gasteiger partial charge in [0.1, 0.15) is 22.7 Å². The van der Waals surface area contributed by atoms with Crippen LogP contribution >= 0.6 is 28.3 Å². The highest BCUT2D eigenvalue weighted by molar-refractivity contribution is 9.10. The highest BCUT2D eigenvalue weighted by Crippen LogP contribution is 2.48. The van der Waals surface area contributed by atoms with E-state index in [1.54, 1.807) is 7.11 Å². The van der Waals surface area contributed by atoms with Gasteiger partial charge in [-0.1, -0.05) is 28.1 Å². The second kappa shape index (κ2) is 8.23. The minimum Gasteiger partial charge on any atom is -0.497 e. The summed E-state index contributed by atoms with van der Waals surface area (Å²) in [4.78, 5) is 2.48. The molecule has 1 fully saturated rings. The lowest BCUT2D eigenvalue weighted by atomic mass is 9.79. The summed E-state index contributed by atoms with van der Waals surface area (Å²) in [6.07, 6.45) is 0.836. The molecular weight excluding hydrogens is 442 g/mol. The van der Waals surface area contributed by atoms with Crippen LogP contribution in [0.5, 0.6) is 11.5 Å². The Kier molecular flexibility index (Phi) is 6.30. The molecule has 0 aliphatic carbocycles. The smallest absolute Gasteiger partial charge is 0.126 e. The van der Waals surface area contributed by atoms with Gasteiger partial charge in [-0.3, -0.25) is 4.90 Å². The number of hydrogen-bond acceptors (Lipinski definition) is 4. The van der Waals surface area contributed by atoms with Crippen LogP contribution < -0.4 is 9.47 Å². The van der Waals surface area contributed by atoms with Crippen molar-refractivity contribution in [2.45, 2.75) is 38.0 Å². The highest BCUT2D eigenvalue weighted by atomic mass is 79.9. The van der Waals surface area contributed by atoms with Crippen molar-refractivity contribution >= 4 is 28.3 Å². The molecule has 0 N–H and O–H groups in total. The van der Waals surface area contributed by atoms with Crippen LogP contribution in [0.15, 0.2) is 46.9 Å². The molecule has 152 valence electrons. The van der Waals surface area contributed by atoms with Crippen LogP contribution in [0.25, 0.3) is 0 Å².